The maximum Gasteiger partial charge on any atom is 0.261 e. The molecule has 0 aromatic heterocycles. The van der Waals surface area contributed by atoms with Crippen LogP contribution in [0.1, 0.15) is 30.5 Å². The first-order valence-electron chi connectivity index (χ1n) is 9.23. The van der Waals surface area contributed by atoms with Crippen molar-refractivity contribution in [2.75, 3.05) is 13.2 Å². The zero-order chi connectivity index (χ0) is 19.8. The van der Waals surface area contributed by atoms with Gasteiger partial charge in [-0.2, -0.15) is 0 Å². The van der Waals surface area contributed by atoms with E-state index in [1.807, 2.05) is 69.3 Å². The summed E-state index contributed by atoms with van der Waals surface area (Å²) in [5, 5.41) is 2.78. The summed E-state index contributed by atoms with van der Waals surface area (Å²) >= 11 is 0. The fourth-order valence-electron chi connectivity index (χ4n) is 2.73. The number of nitrogens with zero attached hydrogens (tertiary/aromatic N) is 1. The smallest absolute Gasteiger partial charge is 0.261 e. The van der Waals surface area contributed by atoms with Gasteiger partial charge in [-0.05, 0) is 51.0 Å². The van der Waals surface area contributed by atoms with E-state index in [1.165, 1.54) is 0 Å². The van der Waals surface area contributed by atoms with E-state index < -0.39 is 6.04 Å². The van der Waals surface area contributed by atoms with Crippen LogP contribution in [0.2, 0.25) is 0 Å². The molecule has 0 aliphatic rings. The molecule has 0 fully saturated rings. The molecule has 2 amide bonds. The number of ether oxygens (including phenoxy) is 1. The Labute approximate surface area is 161 Å². The van der Waals surface area contributed by atoms with Gasteiger partial charge in [0.2, 0.25) is 5.91 Å². The molecule has 144 valence electrons. The summed E-state index contributed by atoms with van der Waals surface area (Å²) in [6.45, 7) is 8.35. The number of carbonyl (C=O) groups excluding carboxylic acids is 2. The number of rotatable bonds is 8. The third kappa shape index (κ3) is 6.13. The van der Waals surface area contributed by atoms with Crippen LogP contribution in [0.25, 0.3) is 0 Å². The predicted octanol–water partition coefficient (Wildman–Crippen LogP) is 3.24. The monoisotopic (exact) mass is 368 g/mol. The lowest BCUT2D eigenvalue weighted by molar-refractivity contribution is -0.142. The van der Waals surface area contributed by atoms with E-state index in [1.54, 1.807) is 11.8 Å². The molecule has 0 aliphatic heterocycles. The molecule has 1 atom stereocenters. The van der Waals surface area contributed by atoms with E-state index in [-0.39, 0.29) is 18.4 Å². The number of carbonyl (C=O) groups is 2. The molecule has 2 aromatic carbocycles. The van der Waals surface area contributed by atoms with Gasteiger partial charge >= 0.3 is 0 Å². The van der Waals surface area contributed by atoms with E-state index in [2.05, 4.69) is 5.32 Å². The van der Waals surface area contributed by atoms with Gasteiger partial charge in [-0.15, -0.1) is 0 Å². The fraction of sp³-hybridized carbons (Fsp3) is 0.364. The van der Waals surface area contributed by atoms with E-state index in [0.717, 1.165) is 16.7 Å². The molecule has 0 radical (unpaired) electrons. The second-order valence-corrected chi connectivity index (χ2v) is 6.68. The highest BCUT2D eigenvalue weighted by Gasteiger charge is 2.26. The van der Waals surface area contributed by atoms with Crippen LogP contribution in [0.4, 0.5) is 0 Å². The van der Waals surface area contributed by atoms with Crippen LogP contribution in [-0.2, 0) is 16.1 Å². The molecule has 2 rings (SSSR count). The van der Waals surface area contributed by atoms with Crippen molar-refractivity contribution in [3.05, 3.63) is 65.2 Å². The first-order valence-corrected chi connectivity index (χ1v) is 9.23. The van der Waals surface area contributed by atoms with Crippen LogP contribution >= 0.6 is 0 Å². The van der Waals surface area contributed by atoms with Crippen molar-refractivity contribution in [3.8, 4) is 5.75 Å². The van der Waals surface area contributed by atoms with Crippen LogP contribution in [0, 0.1) is 13.8 Å². The van der Waals surface area contributed by atoms with Gasteiger partial charge in [-0.3, -0.25) is 9.59 Å². The van der Waals surface area contributed by atoms with Gasteiger partial charge < -0.3 is 15.0 Å². The second kappa shape index (κ2) is 9.76. The van der Waals surface area contributed by atoms with E-state index in [4.69, 9.17) is 4.74 Å². The molecule has 1 N–H and O–H groups in total. The lowest BCUT2D eigenvalue weighted by Crippen LogP contribution is -2.49. The van der Waals surface area contributed by atoms with Gasteiger partial charge in [0, 0.05) is 13.1 Å². The van der Waals surface area contributed by atoms with Gasteiger partial charge in [0.25, 0.3) is 5.91 Å². The lowest BCUT2D eigenvalue weighted by atomic mass is 10.1. The highest BCUT2D eigenvalue weighted by molar-refractivity contribution is 5.87. The number of nitrogens with one attached hydrogen (secondary N) is 1. The summed E-state index contributed by atoms with van der Waals surface area (Å²) in [7, 11) is 0. The zero-order valence-corrected chi connectivity index (χ0v) is 16.5. The van der Waals surface area contributed by atoms with Crippen molar-refractivity contribution < 1.29 is 14.3 Å². The number of hydrogen-bond acceptors (Lipinski definition) is 3. The van der Waals surface area contributed by atoms with Crippen molar-refractivity contribution in [2.45, 2.75) is 40.3 Å². The van der Waals surface area contributed by atoms with Crippen molar-refractivity contribution in [1.82, 2.24) is 10.2 Å². The largest absolute Gasteiger partial charge is 0.484 e. The minimum Gasteiger partial charge on any atom is -0.484 e. The summed E-state index contributed by atoms with van der Waals surface area (Å²) in [6, 6.07) is 14.9. The zero-order valence-electron chi connectivity index (χ0n) is 16.5. The highest BCUT2D eigenvalue weighted by atomic mass is 16.5. The number of amides is 2. The number of likely N-dealkylation sites (N-methyl/N-ethyl adjacent to an activating group) is 1. The summed E-state index contributed by atoms with van der Waals surface area (Å²) in [5.41, 5.74) is 3.18. The van der Waals surface area contributed by atoms with Crippen LogP contribution in [0.15, 0.2) is 48.5 Å². The fourth-order valence-corrected chi connectivity index (χ4v) is 2.73. The molecular weight excluding hydrogens is 340 g/mol. The summed E-state index contributed by atoms with van der Waals surface area (Å²) in [5.74, 6) is 0.244. The van der Waals surface area contributed by atoms with Gasteiger partial charge in [-0.1, -0.05) is 42.0 Å². The maximum atomic E-state index is 12.8. The standard InChI is InChI=1S/C22H28N2O3/c1-5-23-22(26)18(4)24(14-19-11-9-16(2)10-12-19)21(25)15-27-20-8-6-7-17(3)13-20/h6-13,18H,5,14-15H2,1-4H3,(H,23,26). The summed E-state index contributed by atoms with van der Waals surface area (Å²) < 4.78 is 5.65. The van der Waals surface area contributed by atoms with Crippen LogP contribution in [-0.4, -0.2) is 35.9 Å². The Morgan fingerprint density at radius 1 is 1.07 bits per heavy atom. The summed E-state index contributed by atoms with van der Waals surface area (Å²) in [4.78, 5) is 26.7. The van der Waals surface area contributed by atoms with Crippen LogP contribution in [0.5, 0.6) is 5.75 Å². The Kier molecular flexibility index (Phi) is 7.41. The Morgan fingerprint density at radius 2 is 1.78 bits per heavy atom. The molecule has 0 spiro atoms. The molecule has 0 heterocycles. The van der Waals surface area contributed by atoms with E-state index in [9.17, 15) is 9.59 Å². The average molecular weight is 368 g/mol. The first-order chi connectivity index (χ1) is 12.9. The van der Waals surface area contributed by atoms with Gasteiger partial charge in [-0.25, -0.2) is 0 Å². The Balaban J connectivity index is 2.12. The van der Waals surface area contributed by atoms with Crippen LogP contribution in [0.3, 0.4) is 0 Å². The Bertz CT molecular complexity index is 771. The number of aryl methyl sites for hydroxylation is 2. The Morgan fingerprint density at radius 3 is 2.41 bits per heavy atom. The van der Waals surface area contributed by atoms with Crippen molar-refractivity contribution in [2.24, 2.45) is 0 Å². The molecule has 2 aromatic rings. The van der Waals surface area contributed by atoms with Gasteiger partial charge in [0.1, 0.15) is 11.8 Å². The second-order valence-electron chi connectivity index (χ2n) is 6.68. The predicted molar refractivity (Wildman–Crippen MR) is 107 cm³/mol. The van der Waals surface area contributed by atoms with E-state index >= 15 is 0 Å². The number of benzene rings is 2. The van der Waals surface area contributed by atoms with Crippen molar-refractivity contribution >= 4 is 11.8 Å². The molecule has 0 bridgehead atoms. The molecule has 1 unspecified atom stereocenters. The van der Waals surface area contributed by atoms with Gasteiger partial charge in [0.05, 0.1) is 0 Å². The first kappa shape index (κ1) is 20.5. The average Bonchev–Trinajstić information content (AvgIpc) is 2.65. The molecule has 27 heavy (non-hydrogen) atoms. The third-order valence-corrected chi connectivity index (χ3v) is 4.34. The third-order valence-electron chi connectivity index (χ3n) is 4.34. The Hall–Kier alpha value is -2.82. The molecule has 0 saturated heterocycles. The minimum absolute atomic E-state index is 0.112. The molecular formula is C22H28N2O3. The molecule has 0 saturated carbocycles. The molecule has 5 heteroatoms. The normalized spacial score (nSPS) is 11.6. The maximum absolute atomic E-state index is 12.8. The molecule has 0 aliphatic carbocycles. The number of hydrogen-bond donors (Lipinski definition) is 1. The topological polar surface area (TPSA) is 58.6 Å². The highest BCUT2D eigenvalue weighted by Crippen LogP contribution is 2.14. The molecule has 5 nitrogen and oxygen atoms in total. The summed E-state index contributed by atoms with van der Waals surface area (Å²) in [6.07, 6.45) is 0. The van der Waals surface area contributed by atoms with E-state index in [0.29, 0.717) is 18.8 Å². The van der Waals surface area contributed by atoms with Gasteiger partial charge in [0.15, 0.2) is 6.61 Å². The minimum atomic E-state index is -0.583. The lowest BCUT2D eigenvalue weighted by Gasteiger charge is -2.28. The SMILES string of the molecule is CCNC(=O)C(C)N(Cc1ccc(C)cc1)C(=O)COc1cccc(C)c1. The van der Waals surface area contributed by atoms with Crippen molar-refractivity contribution in [1.29, 1.82) is 0 Å². The van der Waals surface area contributed by atoms with Crippen LogP contribution < -0.4 is 10.1 Å². The quantitative estimate of drug-likeness (QED) is 0.778. The van der Waals surface area contributed by atoms with Crippen molar-refractivity contribution in [3.63, 3.8) is 0 Å².